The molecule has 0 aliphatic heterocycles. The molecular weight excluding hydrogens is 313 g/mol. The summed E-state index contributed by atoms with van der Waals surface area (Å²) in [5.41, 5.74) is 8.14. The van der Waals surface area contributed by atoms with Gasteiger partial charge in [0.2, 0.25) is 0 Å². The number of halogens is 2. The molecule has 0 spiro atoms. The lowest BCUT2D eigenvalue weighted by Gasteiger charge is -2.11. The number of nitrogen functional groups attached to an aromatic ring is 1. The molecule has 0 unspecified atom stereocenters. The second-order valence-corrected chi connectivity index (χ2v) is 5.35. The summed E-state index contributed by atoms with van der Waals surface area (Å²) in [5.74, 6) is -0.343. The van der Waals surface area contributed by atoms with Crippen LogP contribution < -0.4 is 5.73 Å². The fraction of sp³-hybridized carbons (Fsp3) is 0. The topological polar surface area (TPSA) is 62.7 Å². The van der Waals surface area contributed by atoms with Crippen LogP contribution in [-0.4, -0.2) is 4.98 Å². The molecule has 0 aliphatic rings. The summed E-state index contributed by atoms with van der Waals surface area (Å²) in [5, 5.41) is 9.91. The van der Waals surface area contributed by atoms with Crippen molar-refractivity contribution in [3.63, 3.8) is 0 Å². The normalized spacial score (nSPS) is 10.3. The summed E-state index contributed by atoms with van der Waals surface area (Å²) >= 11 is 6.02. The van der Waals surface area contributed by atoms with Crippen molar-refractivity contribution in [1.82, 2.24) is 4.98 Å². The minimum absolute atomic E-state index is 0.0585. The van der Waals surface area contributed by atoms with Crippen LogP contribution in [0.3, 0.4) is 0 Å². The number of nitriles is 1. The van der Waals surface area contributed by atoms with Crippen LogP contribution in [0.25, 0.3) is 22.4 Å². The first-order chi connectivity index (χ1) is 11.1. The third-order valence-electron chi connectivity index (χ3n) is 3.44. The molecule has 1 heterocycles. The molecule has 2 aromatic carbocycles. The van der Waals surface area contributed by atoms with Crippen molar-refractivity contribution in [2.24, 2.45) is 0 Å². The maximum atomic E-state index is 14.0. The Hall–Kier alpha value is -2.90. The molecule has 23 heavy (non-hydrogen) atoms. The first kappa shape index (κ1) is 15.0. The molecule has 2 N–H and O–H groups in total. The highest BCUT2D eigenvalue weighted by molar-refractivity contribution is 6.30. The Bertz CT molecular complexity index is 932. The molecule has 0 saturated carbocycles. The molecule has 5 heteroatoms. The van der Waals surface area contributed by atoms with E-state index >= 15 is 0 Å². The Morgan fingerprint density at radius 1 is 1.04 bits per heavy atom. The van der Waals surface area contributed by atoms with Gasteiger partial charge in [-0.3, -0.25) is 0 Å². The van der Waals surface area contributed by atoms with Crippen LogP contribution in [0, 0.1) is 17.1 Å². The Morgan fingerprint density at radius 2 is 1.83 bits per heavy atom. The minimum Gasteiger partial charge on any atom is -0.383 e. The summed E-state index contributed by atoms with van der Waals surface area (Å²) in [4.78, 5) is 4.17. The lowest BCUT2D eigenvalue weighted by atomic mass is 9.98. The van der Waals surface area contributed by atoms with Crippen LogP contribution in [-0.2, 0) is 0 Å². The molecule has 0 radical (unpaired) electrons. The number of aromatic nitrogens is 1. The number of rotatable bonds is 2. The molecular formula is C18H11ClFN3. The Kier molecular flexibility index (Phi) is 3.96. The number of nitrogens with zero attached hydrogens (tertiary/aromatic N) is 2. The fourth-order valence-electron chi connectivity index (χ4n) is 2.37. The Labute approximate surface area is 137 Å². The van der Waals surface area contributed by atoms with E-state index in [1.54, 1.807) is 42.5 Å². The van der Waals surface area contributed by atoms with Crippen LogP contribution in [0.5, 0.6) is 0 Å². The van der Waals surface area contributed by atoms with Crippen LogP contribution in [0.15, 0.2) is 54.6 Å². The monoisotopic (exact) mass is 323 g/mol. The van der Waals surface area contributed by atoms with Crippen molar-refractivity contribution in [2.45, 2.75) is 0 Å². The number of hydrogen-bond acceptors (Lipinski definition) is 3. The van der Waals surface area contributed by atoms with E-state index in [0.717, 1.165) is 5.56 Å². The third-order valence-corrected chi connectivity index (χ3v) is 3.68. The molecule has 0 amide bonds. The minimum atomic E-state index is -0.402. The predicted octanol–water partition coefficient (Wildman–Crippen LogP) is 4.66. The van der Waals surface area contributed by atoms with Gasteiger partial charge in [0, 0.05) is 16.1 Å². The number of nitrogens with two attached hydrogens (primary N) is 1. The summed E-state index contributed by atoms with van der Waals surface area (Å²) in [6.07, 6.45) is 0. The molecule has 0 bridgehead atoms. The average molecular weight is 324 g/mol. The van der Waals surface area contributed by atoms with Crippen LogP contribution >= 0.6 is 11.6 Å². The Morgan fingerprint density at radius 3 is 2.52 bits per heavy atom. The largest absolute Gasteiger partial charge is 0.383 e. The van der Waals surface area contributed by atoms with Crippen molar-refractivity contribution in [1.29, 1.82) is 5.26 Å². The van der Waals surface area contributed by atoms with E-state index in [9.17, 15) is 9.65 Å². The lowest BCUT2D eigenvalue weighted by molar-refractivity contribution is 0.631. The molecule has 0 fully saturated rings. The number of pyridine rings is 1. The van der Waals surface area contributed by atoms with Gasteiger partial charge in [-0.2, -0.15) is 5.26 Å². The van der Waals surface area contributed by atoms with Gasteiger partial charge in [0.1, 0.15) is 23.3 Å². The molecule has 0 aliphatic carbocycles. The summed E-state index contributed by atoms with van der Waals surface area (Å²) < 4.78 is 14.0. The van der Waals surface area contributed by atoms with Crippen molar-refractivity contribution in [3.8, 4) is 28.5 Å². The van der Waals surface area contributed by atoms with E-state index in [1.165, 1.54) is 6.07 Å². The molecule has 3 nitrogen and oxygen atoms in total. The number of hydrogen-bond donors (Lipinski definition) is 1. The highest BCUT2D eigenvalue weighted by Crippen LogP contribution is 2.32. The highest BCUT2D eigenvalue weighted by Gasteiger charge is 2.15. The zero-order chi connectivity index (χ0) is 16.4. The van der Waals surface area contributed by atoms with E-state index in [0.29, 0.717) is 21.8 Å². The predicted molar refractivity (Wildman–Crippen MR) is 89.2 cm³/mol. The van der Waals surface area contributed by atoms with Gasteiger partial charge in [0.15, 0.2) is 0 Å². The standard InChI is InChI=1S/C18H11ClFN3/c19-12-5-3-4-11(8-12)14-9-17(23-18(22)15(14)10-21)13-6-1-2-7-16(13)20/h1-9H,(H2,22,23). The summed E-state index contributed by atoms with van der Waals surface area (Å²) in [6, 6.07) is 17.0. The number of benzene rings is 2. The van der Waals surface area contributed by atoms with E-state index in [-0.39, 0.29) is 11.4 Å². The van der Waals surface area contributed by atoms with E-state index < -0.39 is 5.82 Å². The van der Waals surface area contributed by atoms with Gasteiger partial charge >= 0.3 is 0 Å². The second-order valence-electron chi connectivity index (χ2n) is 4.92. The second kappa shape index (κ2) is 6.07. The summed E-state index contributed by atoms with van der Waals surface area (Å²) in [6.45, 7) is 0. The highest BCUT2D eigenvalue weighted by atomic mass is 35.5. The van der Waals surface area contributed by atoms with Gasteiger partial charge in [-0.15, -0.1) is 0 Å². The van der Waals surface area contributed by atoms with Crippen LogP contribution in [0.2, 0.25) is 5.02 Å². The maximum Gasteiger partial charge on any atom is 0.142 e. The van der Waals surface area contributed by atoms with Gasteiger partial charge in [0.25, 0.3) is 0 Å². The van der Waals surface area contributed by atoms with E-state index in [4.69, 9.17) is 17.3 Å². The van der Waals surface area contributed by atoms with Gasteiger partial charge in [0.05, 0.1) is 5.69 Å². The fourth-order valence-corrected chi connectivity index (χ4v) is 2.56. The summed E-state index contributed by atoms with van der Waals surface area (Å²) in [7, 11) is 0. The van der Waals surface area contributed by atoms with E-state index in [2.05, 4.69) is 11.1 Å². The lowest BCUT2D eigenvalue weighted by Crippen LogP contribution is -2.00. The molecule has 0 atom stereocenters. The quantitative estimate of drug-likeness (QED) is 0.746. The van der Waals surface area contributed by atoms with Crippen LogP contribution in [0.1, 0.15) is 5.56 Å². The molecule has 3 rings (SSSR count). The van der Waals surface area contributed by atoms with Crippen molar-refractivity contribution in [3.05, 3.63) is 71.0 Å². The zero-order valence-corrected chi connectivity index (χ0v) is 12.7. The smallest absolute Gasteiger partial charge is 0.142 e. The van der Waals surface area contributed by atoms with Crippen molar-refractivity contribution >= 4 is 17.4 Å². The molecule has 3 aromatic rings. The number of anilines is 1. The first-order valence-corrected chi connectivity index (χ1v) is 7.19. The van der Waals surface area contributed by atoms with E-state index in [1.807, 2.05) is 6.07 Å². The van der Waals surface area contributed by atoms with Gasteiger partial charge in [-0.05, 0) is 35.9 Å². The van der Waals surface area contributed by atoms with Crippen molar-refractivity contribution in [2.75, 3.05) is 5.73 Å². The molecule has 1 aromatic heterocycles. The zero-order valence-electron chi connectivity index (χ0n) is 11.9. The van der Waals surface area contributed by atoms with Crippen molar-refractivity contribution < 1.29 is 4.39 Å². The Balaban J connectivity index is 2.27. The SMILES string of the molecule is N#Cc1c(-c2cccc(Cl)c2)cc(-c2ccccc2F)nc1N. The third kappa shape index (κ3) is 2.87. The van der Waals surface area contributed by atoms with Gasteiger partial charge in [-0.1, -0.05) is 35.9 Å². The first-order valence-electron chi connectivity index (χ1n) is 6.81. The molecule has 112 valence electrons. The average Bonchev–Trinajstić information content (AvgIpc) is 2.54. The maximum absolute atomic E-state index is 14.0. The van der Waals surface area contributed by atoms with Gasteiger partial charge < -0.3 is 5.73 Å². The van der Waals surface area contributed by atoms with Gasteiger partial charge in [-0.25, -0.2) is 9.37 Å². The van der Waals surface area contributed by atoms with Crippen LogP contribution in [0.4, 0.5) is 10.2 Å². The molecule has 0 saturated heterocycles.